The van der Waals surface area contributed by atoms with Crippen LogP contribution < -0.4 is 5.32 Å². The molecule has 3 rings (SSSR count). The van der Waals surface area contributed by atoms with Gasteiger partial charge in [-0.3, -0.25) is 14.7 Å². The molecule has 0 aliphatic heterocycles. The van der Waals surface area contributed by atoms with E-state index in [4.69, 9.17) is 23.2 Å². The Bertz CT molecular complexity index is 1090. The molecule has 2 N–H and O–H groups in total. The highest BCUT2D eigenvalue weighted by Crippen LogP contribution is 2.25. The number of H-pyrrole nitrogens is 1. The fourth-order valence-electron chi connectivity index (χ4n) is 3.54. The van der Waals surface area contributed by atoms with E-state index >= 15 is 0 Å². The largest absolute Gasteiger partial charge is 0.344 e. The highest BCUT2D eigenvalue weighted by Gasteiger charge is 2.21. The molecule has 0 aliphatic rings. The molecule has 0 bridgehead atoms. The maximum absolute atomic E-state index is 12.6. The van der Waals surface area contributed by atoms with Crippen molar-refractivity contribution in [1.29, 1.82) is 0 Å². The minimum absolute atomic E-state index is 0.150. The number of hydrogen-bond donors (Lipinski definition) is 2. The first-order valence-electron chi connectivity index (χ1n) is 11.0. The number of likely N-dealkylation sites (N-methyl/N-ethyl adjacent to an activating group) is 1. The molecule has 1 aromatic heterocycles. The summed E-state index contributed by atoms with van der Waals surface area (Å²) in [7, 11) is 1.75. The Hall–Kier alpha value is -2.83. The smallest absolute Gasteiger partial charge is 0.253 e. The number of benzene rings is 2. The minimum atomic E-state index is -0.668. The SMILES string of the molecule is CC(NC(=O)c1cccc(Cl)c1Cl)C(=O)N(C)CCCCCc1cc(-c2ccccc2)n[nH]1. The molecular weight excluding hydrogens is 459 g/mol. The lowest BCUT2D eigenvalue weighted by molar-refractivity contribution is -0.131. The molecule has 0 radical (unpaired) electrons. The first kappa shape index (κ1) is 24.8. The van der Waals surface area contributed by atoms with Crippen molar-refractivity contribution in [2.24, 2.45) is 0 Å². The van der Waals surface area contributed by atoms with Crippen molar-refractivity contribution >= 4 is 35.0 Å². The second kappa shape index (κ2) is 11.9. The standard InChI is InChI=1S/C25H28Cl2N4O2/c1-17(28-24(32)20-13-9-14-21(26)23(20)27)25(33)31(2)15-8-4-7-12-19-16-22(30-29-19)18-10-5-3-6-11-18/h3,5-6,9-11,13-14,16-17H,4,7-8,12,15H2,1-2H3,(H,28,32)(H,29,30). The van der Waals surface area contributed by atoms with Gasteiger partial charge >= 0.3 is 0 Å². The van der Waals surface area contributed by atoms with E-state index in [1.54, 1.807) is 37.1 Å². The molecule has 0 saturated carbocycles. The summed E-state index contributed by atoms with van der Waals surface area (Å²) >= 11 is 12.1. The lowest BCUT2D eigenvalue weighted by Gasteiger charge is -2.22. The van der Waals surface area contributed by atoms with Gasteiger partial charge in [0.05, 0.1) is 21.3 Å². The zero-order chi connectivity index (χ0) is 23.8. The van der Waals surface area contributed by atoms with E-state index < -0.39 is 11.9 Å². The van der Waals surface area contributed by atoms with E-state index in [1.165, 1.54) is 0 Å². The van der Waals surface area contributed by atoms with Gasteiger partial charge < -0.3 is 10.2 Å². The predicted octanol–water partition coefficient (Wildman–Crippen LogP) is 5.37. The van der Waals surface area contributed by atoms with Gasteiger partial charge in [-0.25, -0.2) is 0 Å². The lowest BCUT2D eigenvalue weighted by Crippen LogP contribution is -2.45. The monoisotopic (exact) mass is 486 g/mol. The number of halogens is 2. The van der Waals surface area contributed by atoms with E-state index in [2.05, 4.69) is 21.6 Å². The van der Waals surface area contributed by atoms with Crippen molar-refractivity contribution in [2.45, 2.75) is 38.6 Å². The number of carbonyl (C=O) groups excluding carboxylic acids is 2. The molecule has 8 heteroatoms. The van der Waals surface area contributed by atoms with Crippen LogP contribution in [0.1, 0.15) is 42.2 Å². The number of nitrogens with one attached hydrogen (secondary N) is 2. The van der Waals surface area contributed by atoms with Gasteiger partial charge in [-0.1, -0.05) is 66.0 Å². The van der Waals surface area contributed by atoms with Crippen molar-refractivity contribution in [3.05, 3.63) is 75.9 Å². The van der Waals surface area contributed by atoms with Crippen LogP contribution in [0.15, 0.2) is 54.6 Å². The Morgan fingerprint density at radius 2 is 1.82 bits per heavy atom. The van der Waals surface area contributed by atoms with Gasteiger partial charge in [0.2, 0.25) is 5.91 Å². The first-order chi connectivity index (χ1) is 15.9. The Balaban J connectivity index is 1.38. The fourth-order valence-corrected chi connectivity index (χ4v) is 3.93. The average molecular weight is 487 g/mol. The van der Waals surface area contributed by atoms with Crippen LogP contribution in [0.4, 0.5) is 0 Å². The summed E-state index contributed by atoms with van der Waals surface area (Å²) in [6.45, 7) is 2.28. The predicted molar refractivity (Wildman–Crippen MR) is 133 cm³/mol. The molecule has 0 aliphatic carbocycles. The summed E-state index contributed by atoms with van der Waals surface area (Å²) in [6, 6.07) is 16.3. The van der Waals surface area contributed by atoms with Crippen LogP contribution in [-0.4, -0.2) is 46.5 Å². The minimum Gasteiger partial charge on any atom is -0.344 e. The average Bonchev–Trinajstić information content (AvgIpc) is 3.29. The van der Waals surface area contributed by atoms with E-state index in [-0.39, 0.29) is 16.5 Å². The number of aromatic amines is 1. The molecule has 0 fully saturated rings. The van der Waals surface area contributed by atoms with Crippen LogP contribution in [-0.2, 0) is 11.2 Å². The maximum Gasteiger partial charge on any atom is 0.253 e. The third-order valence-corrected chi connectivity index (χ3v) is 6.25. The normalized spacial score (nSPS) is 11.8. The third kappa shape index (κ3) is 6.83. The van der Waals surface area contributed by atoms with Crippen LogP contribution >= 0.6 is 23.2 Å². The molecule has 2 aromatic carbocycles. The van der Waals surface area contributed by atoms with E-state index in [9.17, 15) is 9.59 Å². The zero-order valence-electron chi connectivity index (χ0n) is 18.8. The molecule has 3 aromatic rings. The van der Waals surface area contributed by atoms with Gasteiger partial charge in [0, 0.05) is 24.8 Å². The van der Waals surface area contributed by atoms with Crippen LogP contribution in [0.5, 0.6) is 0 Å². The molecule has 174 valence electrons. The number of nitrogens with zero attached hydrogens (tertiary/aromatic N) is 2. The summed E-state index contributed by atoms with van der Waals surface area (Å²) in [5, 5.41) is 10.7. The third-order valence-electron chi connectivity index (χ3n) is 5.43. The van der Waals surface area contributed by atoms with Crippen molar-refractivity contribution < 1.29 is 9.59 Å². The highest BCUT2D eigenvalue weighted by atomic mass is 35.5. The number of aryl methyl sites for hydroxylation is 1. The summed E-state index contributed by atoms with van der Waals surface area (Å²) in [6.07, 6.45) is 3.77. The number of hydrogen-bond acceptors (Lipinski definition) is 3. The Morgan fingerprint density at radius 3 is 2.58 bits per heavy atom. The number of carbonyl (C=O) groups is 2. The lowest BCUT2D eigenvalue weighted by atomic mass is 10.1. The van der Waals surface area contributed by atoms with Gasteiger partial charge in [0.15, 0.2) is 0 Å². The van der Waals surface area contributed by atoms with Gasteiger partial charge in [0.25, 0.3) is 5.91 Å². The number of aromatic nitrogens is 2. The molecule has 6 nitrogen and oxygen atoms in total. The van der Waals surface area contributed by atoms with Crippen LogP contribution in [0.2, 0.25) is 10.0 Å². The van der Waals surface area contributed by atoms with Crippen molar-refractivity contribution in [3.8, 4) is 11.3 Å². The van der Waals surface area contributed by atoms with Crippen LogP contribution in [0, 0.1) is 0 Å². The molecule has 1 unspecified atom stereocenters. The van der Waals surface area contributed by atoms with E-state index in [0.29, 0.717) is 11.6 Å². The molecule has 0 saturated heterocycles. The summed E-state index contributed by atoms with van der Waals surface area (Å²) < 4.78 is 0. The van der Waals surface area contributed by atoms with Crippen molar-refractivity contribution in [1.82, 2.24) is 20.4 Å². The highest BCUT2D eigenvalue weighted by molar-refractivity contribution is 6.43. The Kier molecular flexibility index (Phi) is 8.92. The second-order valence-corrected chi connectivity index (χ2v) is 8.80. The second-order valence-electron chi connectivity index (χ2n) is 8.01. The van der Waals surface area contributed by atoms with Crippen molar-refractivity contribution in [2.75, 3.05) is 13.6 Å². The quantitative estimate of drug-likeness (QED) is 0.378. The molecular formula is C25H28Cl2N4O2. The summed E-state index contributed by atoms with van der Waals surface area (Å²) in [5.74, 6) is -0.575. The Labute approximate surface area is 204 Å². The van der Waals surface area contributed by atoms with E-state index in [0.717, 1.165) is 42.6 Å². The molecule has 1 atom stereocenters. The van der Waals surface area contributed by atoms with E-state index in [1.807, 2.05) is 30.3 Å². The zero-order valence-corrected chi connectivity index (χ0v) is 20.3. The Morgan fingerprint density at radius 1 is 1.06 bits per heavy atom. The summed E-state index contributed by atoms with van der Waals surface area (Å²) in [4.78, 5) is 26.7. The van der Waals surface area contributed by atoms with Crippen LogP contribution in [0.25, 0.3) is 11.3 Å². The van der Waals surface area contributed by atoms with Gasteiger partial charge in [-0.15, -0.1) is 0 Å². The maximum atomic E-state index is 12.6. The number of amides is 2. The molecule has 2 amide bonds. The van der Waals surface area contributed by atoms with Gasteiger partial charge in [0.1, 0.15) is 6.04 Å². The van der Waals surface area contributed by atoms with Crippen molar-refractivity contribution in [3.63, 3.8) is 0 Å². The molecule has 0 spiro atoms. The first-order valence-corrected chi connectivity index (χ1v) is 11.7. The summed E-state index contributed by atoms with van der Waals surface area (Å²) in [5.41, 5.74) is 3.40. The topological polar surface area (TPSA) is 78.1 Å². The van der Waals surface area contributed by atoms with Crippen LogP contribution in [0.3, 0.4) is 0 Å². The molecule has 1 heterocycles. The number of unbranched alkanes of at least 4 members (excludes halogenated alkanes) is 2. The number of rotatable bonds is 10. The fraction of sp³-hybridized carbons (Fsp3) is 0.320. The van der Waals surface area contributed by atoms with Gasteiger partial charge in [-0.2, -0.15) is 5.10 Å². The molecule has 33 heavy (non-hydrogen) atoms. The van der Waals surface area contributed by atoms with Gasteiger partial charge in [-0.05, 0) is 44.4 Å².